The Labute approximate surface area is 496 Å². The quantitative estimate of drug-likeness (QED) is 0.130. The Hall–Kier alpha value is -11.4. The summed E-state index contributed by atoms with van der Waals surface area (Å²) in [6.07, 6.45) is 0. The molecule has 14 aromatic rings. The molecule has 3 nitrogen and oxygen atoms in total. The normalized spacial score (nSPS) is 11.2. The molecule has 0 amide bonds. The van der Waals surface area contributed by atoms with Crippen molar-refractivity contribution >= 4 is 21.8 Å². The van der Waals surface area contributed by atoms with E-state index in [1.54, 1.807) is 0 Å². The van der Waals surface area contributed by atoms with Gasteiger partial charge in [0.05, 0.1) is 22.2 Å². The number of aromatic nitrogens is 1. The van der Waals surface area contributed by atoms with E-state index in [1.165, 1.54) is 11.1 Å². The average molecular weight is 1080 g/mol. The number of nitrogens with zero attached hydrogens (tertiary/aromatic N) is 3. The van der Waals surface area contributed by atoms with Gasteiger partial charge in [-0.1, -0.05) is 266 Å². The van der Waals surface area contributed by atoms with Crippen LogP contribution in [-0.2, 0) is 0 Å². The lowest BCUT2D eigenvalue weighted by Gasteiger charge is -2.28. The van der Waals surface area contributed by atoms with Crippen LogP contribution in [0.15, 0.2) is 297 Å². The third-order valence-corrected chi connectivity index (χ3v) is 16.6. The first-order valence-corrected chi connectivity index (χ1v) is 28.9. The fraction of sp³-hybridized carbons (Fsp3) is 0.0244. The number of benzene rings is 13. The molecule has 0 fully saturated rings. The van der Waals surface area contributed by atoms with E-state index in [2.05, 4.69) is 304 Å². The highest BCUT2D eigenvalue weighted by atomic mass is 15.0. The number of fused-ring (bicyclic) bond motifs is 3. The summed E-state index contributed by atoms with van der Waals surface area (Å²) in [4.78, 5) is 0. The monoisotopic (exact) mass is 1080 g/mol. The third-order valence-electron chi connectivity index (χ3n) is 16.6. The maximum atomic E-state index is 12.2. The largest absolute Gasteiger partial charge is 0.309 e. The predicted molar refractivity (Wildman–Crippen MR) is 354 cm³/mol. The van der Waals surface area contributed by atoms with Crippen molar-refractivity contribution in [3.8, 4) is 129 Å². The van der Waals surface area contributed by atoms with Gasteiger partial charge >= 0.3 is 0 Å². The van der Waals surface area contributed by atoms with E-state index in [0.29, 0.717) is 11.1 Å². The van der Waals surface area contributed by atoms with Gasteiger partial charge in [-0.15, -0.1) is 0 Å². The molecule has 3 heteroatoms. The fourth-order valence-corrected chi connectivity index (χ4v) is 13.0. The molecule has 1 heterocycles. The van der Waals surface area contributed by atoms with Crippen LogP contribution >= 0.6 is 0 Å². The van der Waals surface area contributed by atoms with Crippen molar-refractivity contribution in [3.05, 3.63) is 320 Å². The van der Waals surface area contributed by atoms with E-state index < -0.39 is 0 Å². The first-order valence-electron chi connectivity index (χ1n) is 28.9. The summed E-state index contributed by atoms with van der Waals surface area (Å²) in [5.41, 5.74) is 25.2. The Kier molecular flexibility index (Phi) is 13.5. The summed E-state index contributed by atoms with van der Waals surface area (Å²) in [5.74, 6) is 0. The molecule has 13 aromatic carbocycles. The molecular formula is C82H55N3. The molecule has 0 spiro atoms. The molecule has 0 aliphatic rings. The minimum atomic E-state index is 0.570. The molecule has 14 rings (SSSR count). The molecule has 0 atom stereocenters. The van der Waals surface area contributed by atoms with Crippen molar-refractivity contribution in [1.29, 1.82) is 10.5 Å². The number of rotatable bonds is 11. The van der Waals surface area contributed by atoms with Crippen molar-refractivity contribution in [2.75, 3.05) is 0 Å². The zero-order valence-corrected chi connectivity index (χ0v) is 47.1. The number of hydrogen-bond donors (Lipinski definition) is 0. The van der Waals surface area contributed by atoms with Crippen LogP contribution < -0.4 is 0 Å². The summed E-state index contributed by atoms with van der Waals surface area (Å²) in [6, 6.07) is 111. The van der Waals surface area contributed by atoms with Gasteiger partial charge in [-0.2, -0.15) is 10.5 Å². The highest BCUT2D eigenvalue weighted by Crippen LogP contribution is 2.57. The lowest BCUT2D eigenvalue weighted by atomic mass is 9.74. The van der Waals surface area contributed by atoms with Crippen LogP contribution in [-0.4, -0.2) is 4.57 Å². The first kappa shape index (κ1) is 51.8. The van der Waals surface area contributed by atoms with Gasteiger partial charge in [0, 0.05) is 38.7 Å². The molecular weight excluding hydrogens is 1030 g/mol. The summed E-state index contributed by atoms with van der Waals surface area (Å²) in [6.45, 7) is 4.33. The van der Waals surface area contributed by atoms with E-state index in [4.69, 9.17) is 0 Å². The molecule has 0 aliphatic carbocycles. The lowest BCUT2D eigenvalue weighted by molar-refractivity contribution is 1.18. The van der Waals surface area contributed by atoms with Crippen molar-refractivity contribution < 1.29 is 0 Å². The maximum absolute atomic E-state index is 12.2. The zero-order valence-electron chi connectivity index (χ0n) is 47.1. The Bertz CT molecular complexity index is 4600. The van der Waals surface area contributed by atoms with Gasteiger partial charge in [-0.05, 0) is 145 Å². The molecule has 0 saturated carbocycles. The summed E-state index contributed by atoms with van der Waals surface area (Å²) < 4.78 is 2.43. The predicted octanol–water partition coefficient (Wildman–Crippen LogP) is 21.8. The van der Waals surface area contributed by atoms with E-state index in [0.717, 1.165) is 139 Å². The average Bonchev–Trinajstić information content (AvgIpc) is 1.46. The van der Waals surface area contributed by atoms with Crippen molar-refractivity contribution in [2.24, 2.45) is 0 Å². The van der Waals surface area contributed by atoms with Gasteiger partial charge in [0.1, 0.15) is 12.1 Å². The molecule has 0 saturated heterocycles. The van der Waals surface area contributed by atoms with E-state index in [1.807, 2.05) is 24.3 Å². The molecule has 0 radical (unpaired) electrons. The molecule has 85 heavy (non-hydrogen) atoms. The molecule has 0 unspecified atom stereocenters. The Balaban J connectivity index is 1.27. The summed E-state index contributed by atoms with van der Waals surface area (Å²) >= 11 is 0. The van der Waals surface area contributed by atoms with Crippen LogP contribution in [0.5, 0.6) is 0 Å². The summed E-state index contributed by atoms with van der Waals surface area (Å²) in [7, 11) is 0. The van der Waals surface area contributed by atoms with Crippen molar-refractivity contribution in [1.82, 2.24) is 4.57 Å². The standard InChI is InChI=1S/C82H55N3/c1-54-43-45-71-67(47-54)68-48-55(2)44-46-72(68)85(71)66-50-64(81-75(58-31-15-5-16-32-58)69(52-83)73(56-27-11-3-12-28-56)77(60-35-19-7-20-36-60)79(81)62-39-23-9-24-40-62)49-65(51-66)82-76(59-33-17-6-18-34-59)70(53-84)74(57-29-13-4-14-30-57)78(61-37-21-8-22-38-61)80(82)63-41-25-10-26-42-63/h3-51H,1-2H3. The molecule has 398 valence electrons. The molecule has 0 N–H and O–H groups in total. The van der Waals surface area contributed by atoms with Crippen LogP contribution in [0.25, 0.3) is 139 Å². The summed E-state index contributed by atoms with van der Waals surface area (Å²) in [5, 5.41) is 26.7. The molecule has 0 aliphatic heterocycles. The van der Waals surface area contributed by atoms with Crippen LogP contribution in [0.4, 0.5) is 0 Å². The second kappa shape index (κ2) is 22.2. The Morgan fingerprint density at radius 2 is 0.459 bits per heavy atom. The second-order valence-corrected chi connectivity index (χ2v) is 21.8. The fourth-order valence-electron chi connectivity index (χ4n) is 13.0. The third kappa shape index (κ3) is 9.19. The van der Waals surface area contributed by atoms with Gasteiger partial charge in [0.2, 0.25) is 0 Å². The number of hydrogen-bond acceptors (Lipinski definition) is 2. The molecule has 0 bridgehead atoms. The number of aryl methyl sites for hydroxylation is 2. The zero-order chi connectivity index (χ0) is 57.4. The smallest absolute Gasteiger partial charge is 0.100 e. The van der Waals surface area contributed by atoms with Crippen molar-refractivity contribution in [3.63, 3.8) is 0 Å². The van der Waals surface area contributed by atoms with Crippen LogP contribution in [0.1, 0.15) is 22.3 Å². The molecule has 1 aromatic heterocycles. The topological polar surface area (TPSA) is 52.5 Å². The van der Waals surface area contributed by atoms with Gasteiger partial charge < -0.3 is 4.57 Å². The minimum Gasteiger partial charge on any atom is -0.309 e. The lowest BCUT2D eigenvalue weighted by Crippen LogP contribution is -2.05. The van der Waals surface area contributed by atoms with Gasteiger partial charge in [-0.25, -0.2) is 0 Å². The van der Waals surface area contributed by atoms with E-state index in [-0.39, 0.29) is 0 Å². The minimum absolute atomic E-state index is 0.570. The van der Waals surface area contributed by atoms with E-state index >= 15 is 0 Å². The highest BCUT2D eigenvalue weighted by molar-refractivity contribution is 6.15. The van der Waals surface area contributed by atoms with Crippen molar-refractivity contribution in [2.45, 2.75) is 13.8 Å². The highest BCUT2D eigenvalue weighted by Gasteiger charge is 2.32. The second-order valence-electron chi connectivity index (χ2n) is 21.8. The Morgan fingerprint density at radius 3 is 0.706 bits per heavy atom. The Morgan fingerprint density at radius 1 is 0.235 bits per heavy atom. The maximum Gasteiger partial charge on any atom is 0.100 e. The van der Waals surface area contributed by atoms with Crippen LogP contribution in [0, 0.1) is 36.5 Å². The number of nitriles is 2. The van der Waals surface area contributed by atoms with Crippen LogP contribution in [0.3, 0.4) is 0 Å². The van der Waals surface area contributed by atoms with Gasteiger partial charge in [0.25, 0.3) is 0 Å². The van der Waals surface area contributed by atoms with Gasteiger partial charge in [0.15, 0.2) is 0 Å². The van der Waals surface area contributed by atoms with Gasteiger partial charge in [-0.3, -0.25) is 0 Å². The SMILES string of the molecule is Cc1ccc2c(c1)c1cc(C)ccc1n2-c1cc(-c2c(-c3ccccc3)c(C#N)c(-c3ccccc3)c(-c3ccccc3)c2-c2ccccc2)cc(-c2c(-c3ccccc3)c(C#N)c(-c3ccccc3)c(-c3ccccc3)c2-c2ccccc2)c1. The van der Waals surface area contributed by atoms with Crippen LogP contribution in [0.2, 0.25) is 0 Å². The first-order chi connectivity index (χ1) is 42.0. The van der Waals surface area contributed by atoms with E-state index in [9.17, 15) is 10.5 Å².